The second-order valence-corrected chi connectivity index (χ2v) is 4.89. The van der Waals surface area contributed by atoms with Crippen LogP contribution in [0.15, 0.2) is 23.0 Å². The number of ether oxygens (including phenoxy) is 1. The molecule has 0 aliphatic heterocycles. The highest BCUT2D eigenvalue weighted by molar-refractivity contribution is 7.71. The van der Waals surface area contributed by atoms with E-state index in [1.807, 2.05) is 12.1 Å². The predicted molar refractivity (Wildman–Crippen MR) is 79.5 cm³/mol. The number of hydrogen-bond donors (Lipinski definition) is 1. The van der Waals surface area contributed by atoms with Gasteiger partial charge in [0, 0.05) is 6.54 Å². The van der Waals surface area contributed by atoms with Gasteiger partial charge in [0.2, 0.25) is 0 Å². The van der Waals surface area contributed by atoms with Crippen LogP contribution in [-0.2, 0) is 6.54 Å². The molecule has 1 aromatic carbocycles. The van der Waals surface area contributed by atoms with Gasteiger partial charge in [0.15, 0.2) is 4.77 Å². The SMILES string of the molecule is CCCCCn1c(=S)[nH]c2ccc(OC)cc2c1=O. The lowest BCUT2D eigenvalue weighted by molar-refractivity contribution is 0.415. The summed E-state index contributed by atoms with van der Waals surface area (Å²) in [5, 5.41) is 0.615. The van der Waals surface area contributed by atoms with Crippen LogP contribution in [0.1, 0.15) is 26.2 Å². The molecule has 4 nitrogen and oxygen atoms in total. The van der Waals surface area contributed by atoms with Crippen molar-refractivity contribution in [2.45, 2.75) is 32.7 Å². The maximum absolute atomic E-state index is 12.4. The molecular formula is C14H18N2O2S. The molecule has 0 radical (unpaired) electrons. The van der Waals surface area contributed by atoms with Crippen molar-refractivity contribution in [1.82, 2.24) is 9.55 Å². The van der Waals surface area contributed by atoms with Crippen LogP contribution in [-0.4, -0.2) is 16.7 Å². The first-order valence-corrected chi connectivity index (χ1v) is 6.89. The monoisotopic (exact) mass is 278 g/mol. The van der Waals surface area contributed by atoms with Crippen molar-refractivity contribution in [2.24, 2.45) is 0 Å². The molecule has 1 heterocycles. The van der Waals surface area contributed by atoms with Crippen LogP contribution in [0.4, 0.5) is 0 Å². The molecule has 0 spiro atoms. The summed E-state index contributed by atoms with van der Waals surface area (Å²) in [6.45, 7) is 2.80. The third kappa shape index (κ3) is 2.87. The molecular weight excluding hydrogens is 260 g/mol. The topological polar surface area (TPSA) is 47.0 Å². The van der Waals surface area contributed by atoms with Gasteiger partial charge in [-0.05, 0) is 36.8 Å². The van der Waals surface area contributed by atoms with Gasteiger partial charge in [0.25, 0.3) is 5.56 Å². The van der Waals surface area contributed by atoms with Gasteiger partial charge in [-0.1, -0.05) is 19.8 Å². The highest BCUT2D eigenvalue weighted by Gasteiger charge is 2.06. The number of nitrogens with one attached hydrogen (secondary N) is 1. The third-order valence-electron chi connectivity index (χ3n) is 3.17. The number of unbranched alkanes of at least 4 members (excludes halogenated alkanes) is 2. The van der Waals surface area contributed by atoms with E-state index >= 15 is 0 Å². The Balaban J connectivity index is 2.52. The van der Waals surface area contributed by atoms with E-state index in [0.717, 1.165) is 24.8 Å². The minimum Gasteiger partial charge on any atom is -0.497 e. The Morgan fingerprint density at radius 1 is 1.37 bits per heavy atom. The lowest BCUT2D eigenvalue weighted by atomic mass is 10.2. The van der Waals surface area contributed by atoms with Crippen LogP contribution in [0.3, 0.4) is 0 Å². The van der Waals surface area contributed by atoms with E-state index in [1.54, 1.807) is 17.7 Å². The van der Waals surface area contributed by atoms with Crippen LogP contribution in [0.25, 0.3) is 10.9 Å². The molecule has 1 aromatic heterocycles. The molecule has 0 saturated heterocycles. The normalized spacial score (nSPS) is 10.8. The molecule has 1 N–H and O–H groups in total. The summed E-state index contributed by atoms with van der Waals surface area (Å²) in [4.78, 5) is 15.5. The minimum absolute atomic E-state index is 0.0475. The molecule has 0 aliphatic carbocycles. The van der Waals surface area contributed by atoms with E-state index in [9.17, 15) is 4.79 Å². The summed E-state index contributed by atoms with van der Waals surface area (Å²) in [6.07, 6.45) is 3.17. The van der Waals surface area contributed by atoms with Crippen molar-refractivity contribution >= 4 is 23.1 Å². The lowest BCUT2D eigenvalue weighted by Crippen LogP contribution is -2.22. The number of hydrogen-bond acceptors (Lipinski definition) is 3. The van der Waals surface area contributed by atoms with Crippen LogP contribution >= 0.6 is 12.2 Å². The number of benzene rings is 1. The van der Waals surface area contributed by atoms with Crippen LogP contribution < -0.4 is 10.3 Å². The molecule has 0 atom stereocenters. The zero-order valence-electron chi connectivity index (χ0n) is 11.2. The molecule has 0 unspecified atom stereocenters. The fourth-order valence-electron chi connectivity index (χ4n) is 2.08. The number of aromatic nitrogens is 2. The minimum atomic E-state index is -0.0475. The Hall–Kier alpha value is -1.62. The molecule has 2 aromatic rings. The molecule has 102 valence electrons. The third-order valence-corrected chi connectivity index (χ3v) is 3.50. The van der Waals surface area contributed by atoms with Gasteiger partial charge in [-0.3, -0.25) is 9.36 Å². The zero-order valence-corrected chi connectivity index (χ0v) is 12.0. The second-order valence-electron chi connectivity index (χ2n) is 4.51. The standard InChI is InChI=1S/C14H18N2O2S/c1-3-4-5-8-16-13(17)11-9-10(18-2)6-7-12(11)15-14(16)19/h6-7,9H,3-5,8H2,1-2H3,(H,15,19). The van der Waals surface area contributed by atoms with E-state index in [-0.39, 0.29) is 5.56 Å². The Morgan fingerprint density at radius 2 is 2.16 bits per heavy atom. The van der Waals surface area contributed by atoms with Crippen LogP contribution in [0, 0.1) is 4.77 Å². The Labute approximate surface area is 117 Å². The van der Waals surface area contributed by atoms with E-state index in [2.05, 4.69) is 11.9 Å². The highest BCUT2D eigenvalue weighted by Crippen LogP contribution is 2.16. The maximum Gasteiger partial charge on any atom is 0.262 e. The lowest BCUT2D eigenvalue weighted by Gasteiger charge is -2.08. The number of fused-ring (bicyclic) bond motifs is 1. The fraction of sp³-hybridized carbons (Fsp3) is 0.429. The number of H-pyrrole nitrogens is 1. The smallest absolute Gasteiger partial charge is 0.262 e. The molecule has 19 heavy (non-hydrogen) atoms. The van der Waals surface area contributed by atoms with Crippen molar-refractivity contribution in [3.63, 3.8) is 0 Å². The summed E-state index contributed by atoms with van der Waals surface area (Å²) in [7, 11) is 1.59. The van der Waals surface area contributed by atoms with Crippen molar-refractivity contribution < 1.29 is 4.74 Å². The zero-order chi connectivity index (χ0) is 13.8. The first kappa shape index (κ1) is 13.8. The van der Waals surface area contributed by atoms with Crippen molar-refractivity contribution in [3.8, 4) is 5.75 Å². The molecule has 0 bridgehead atoms. The van der Waals surface area contributed by atoms with E-state index < -0.39 is 0 Å². The predicted octanol–water partition coefficient (Wildman–Crippen LogP) is 3.26. The van der Waals surface area contributed by atoms with Crippen LogP contribution in [0.2, 0.25) is 0 Å². The van der Waals surface area contributed by atoms with E-state index in [4.69, 9.17) is 17.0 Å². The summed E-state index contributed by atoms with van der Waals surface area (Å²) >= 11 is 5.25. The van der Waals surface area contributed by atoms with Crippen molar-refractivity contribution in [1.29, 1.82) is 0 Å². The molecule has 0 aliphatic rings. The molecule has 5 heteroatoms. The Kier molecular flexibility index (Phi) is 4.37. The number of rotatable bonds is 5. The number of methoxy groups -OCH3 is 1. The summed E-state index contributed by atoms with van der Waals surface area (Å²) in [5.41, 5.74) is 0.705. The first-order chi connectivity index (χ1) is 9.17. The van der Waals surface area contributed by atoms with E-state index in [0.29, 0.717) is 22.5 Å². The fourth-order valence-corrected chi connectivity index (χ4v) is 2.36. The maximum atomic E-state index is 12.4. The largest absolute Gasteiger partial charge is 0.497 e. The van der Waals surface area contributed by atoms with Gasteiger partial charge in [0.1, 0.15) is 5.75 Å². The van der Waals surface area contributed by atoms with Gasteiger partial charge in [0.05, 0.1) is 18.0 Å². The van der Waals surface area contributed by atoms with Crippen molar-refractivity contribution in [2.75, 3.05) is 7.11 Å². The van der Waals surface area contributed by atoms with Gasteiger partial charge < -0.3 is 9.72 Å². The first-order valence-electron chi connectivity index (χ1n) is 6.48. The molecule has 2 rings (SSSR count). The quantitative estimate of drug-likeness (QED) is 0.674. The van der Waals surface area contributed by atoms with Crippen molar-refractivity contribution in [3.05, 3.63) is 33.3 Å². The van der Waals surface area contributed by atoms with E-state index in [1.165, 1.54) is 0 Å². The van der Waals surface area contributed by atoms with Gasteiger partial charge in [-0.15, -0.1) is 0 Å². The average molecular weight is 278 g/mol. The highest BCUT2D eigenvalue weighted by atomic mass is 32.1. The van der Waals surface area contributed by atoms with Crippen LogP contribution in [0.5, 0.6) is 5.75 Å². The molecule has 0 amide bonds. The average Bonchev–Trinajstić information content (AvgIpc) is 2.42. The van der Waals surface area contributed by atoms with Gasteiger partial charge >= 0.3 is 0 Å². The van der Waals surface area contributed by atoms with Gasteiger partial charge in [-0.2, -0.15) is 0 Å². The van der Waals surface area contributed by atoms with Gasteiger partial charge in [-0.25, -0.2) is 0 Å². The summed E-state index contributed by atoms with van der Waals surface area (Å²) in [6, 6.07) is 5.38. The molecule has 0 saturated carbocycles. The second kappa shape index (κ2) is 6.02. The number of nitrogens with zero attached hydrogens (tertiary/aromatic N) is 1. The Bertz CT molecular complexity index is 688. The molecule has 0 fully saturated rings. The summed E-state index contributed by atoms with van der Waals surface area (Å²) < 4.78 is 7.27. The Morgan fingerprint density at radius 3 is 2.84 bits per heavy atom. The summed E-state index contributed by atoms with van der Waals surface area (Å²) in [5.74, 6) is 0.676. The number of aromatic amines is 1.